The van der Waals surface area contributed by atoms with E-state index in [9.17, 15) is 19.4 Å². The molecule has 0 bridgehead atoms. The average Bonchev–Trinajstić information content (AvgIpc) is 3.33. The van der Waals surface area contributed by atoms with E-state index < -0.39 is 20.0 Å². The van der Waals surface area contributed by atoms with Gasteiger partial charge in [-0.25, -0.2) is 4.57 Å². The van der Waals surface area contributed by atoms with Gasteiger partial charge in [-0.2, -0.15) is 0 Å². The van der Waals surface area contributed by atoms with Crippen molar-refractivity contribution in [2.45, 2.75) is 225 Å². The van der Waals surface area contributed by atoms with Crippen LogP contribution in [0.15, 0.2) is 122 Å². The molecule has 0 saturated heterocycles. The van der Waals surface area contributed by atoms with Crippen molar-refractivity contribution in [3.63, 3.8) is 0 Å². The van der Waals surface area contributed by atoms with Gasteiger partial charge in [0.15, 0.2) is 0 Å². The number of likely N-dealkylation sites (N-methyl/N-ethyl adjacent to an activating group) is 1. The molecule has 0 aliphatic rings. The molecule has 406 valence electrons. The maximum atomic E-state index is 13.0. The fourth-order valence-corrected chi connectivity index (χ4v) is 8.28. The Hall–Kier alpha value is -3.10. The van der Waals surface area contributed by atoms with E-state index in [2.05, 4.69) is 141 Å². The third-order valence-corrected chi connectivity index (χ3v) is 13.0. The minimum absolute atomic E-state index is 0.0594. The molecule has 8 nitrogen and oxygen atoms in total. The molecular weight excluding hydrogens is 900 g/mol. The normalized spacial score (nSPS) is 14.9. The Labute approximate surface area is 437 Å². The first-order chi connectivity index (χ1) is 34.5. The Kier molecular flexibility index (Phi) is 49.5. The van der Waals surface area contributed by atoms with Crippen molar-refractivity contribution >= 4 is 13.7 Å². The van der Waals surface area contributed by atoms with Crippen molar-refractivity contribution in [1.82, 2.24) is 5.32 Å². The Morgan fingerprint density at radius 2 is 0.845 bits per heavy atom. The van der Waals surface area contributed by atoms with E-state index in [1.807, 2.05) is 21.1 Å². The van der Waals surface area contributed by atoms with Gasteiger partial charge in [0, 0.05) is 6.42 Å². The molecule has 0 rings (SSSR count). The van der Waals surface area contributed by atoms with Crippen LogP contribution >= 0.6 is 7.82 Å². The molecular formula is C62H108N2O6P+. The molecule has 71 heavy (non-hydrogen) atoms. The number of nitrogens with one attached hydrogen (secondary N) is 1. The summed E-state index contributed by atoms with van der Waals surface area (Å²) < 4.78 is 23.7. The molecule has 0 aromatic carbocycles. The van der Waals surface area contributed by atoms with Gasteiger partial charge in [0.1, 0.15) is 13.2 Å². The van der Waals surface area contributed by atoms with Crippen LogP contribution < -0.4 is 5.32 Å². The van der Waals surface area contributed by atoms with E-state index >= 15 is 0 Å². The topological polar surface area (TPSA) is 105 Å². The first-order valence-corrected chi connectivity index (χ1v) is 29.9. The van der Waals surface area contributed by atoms with Crippen molar-refractivity contribution in [2.24, 2.45) is 0 Å². The van der Waals surface area contributed by atoms with Crippen LogP contribution in [0.3, 0.4) is 0 Å². The number of hydrogen-bond donors (Lipinski definition) is 3. The minimum Gasteiger partial charge on any atom is -0.391 e. The first kappa shape index (κ1) is 67.9. The Bertz CT molecular complexity index is 1560. The molecule has 3 atom stereocenters. The van der Waals surface area contributed by atoms with Gasteiger partial charge in [-0.05, 0) is 89.9 Å². The molecule has 0 aromatic rings. The second-order valence-corrected chi connectivity index (χ2v) is 21.4. The SMILES string of the molecule is CC/C=C\C/C=C\C/C=C\C/C=C\C/C=C\C/C=C\C/C=C\C/C=C\C/C=C\C/C=C\CCCCC(=O)NC(COP(=O)(O)OCC[N+](C)(C)C)C(O)CCCCCCCCCCCCCCCCCC. The van der Waals surface area contributed by atoms with Crippen LogP contribution in [-0.2, 0) is 18.4 Å². The number of amides is 1. The van der Waals surface area contributed by atoms with Gasteiger partial charge in [0.25, 0.3) is 0 Å². The van der Waals surface area contributed by atoms with Crippen LogP contribution in [0, 0.1) is 0 Å². The van der Waals surface area contributed by atoms with Crippen LogP contribution in [0.2, 0.25) is 0 Å². The van der Waals surface area contributed by atoms with Gasteiger partial charge in [0.05, 0.1) is 39.9 Å². The maximum Gasteiger partial charge on any atom is 0.472 e. The Balaban J connectivity index is 4.30. The van der Waals surface area contributed by atoms with Gasteiger partial charge >= 0.3 is 7.82 Å². The van der Waals surface area contributed by atoms with E-state index in [4.69, 9.17) is 9.05 Å². The zero-order chi connectivity index (χ0) is 52.0. The Morgan fingerprint density at radius 1 is 0.493 bits per heavy atom. The lowest BCUT2D eigenvalue weighted by molar-refractivity contribution is -0.870. The molecule has 3 N–H and O–H groups in total. The zero-order valence-electron chi connectivity index (χ0n) is 46.2. The van der Waals surface area contributed by atoms with Crippen LogP contribution in [0.25, 0.3) is 0 Å². The van der Waals surface area contributed by atoms with Gasteiger partial charge in [0.2, 0.25) is 5.91 Å². The number of phosphoric ester groups is 1. The van der Waals surface area contributed by atoms with Gasteiger partial charge in [-0.15, -0.1) is 0 Å². The van der Waals surface area contributed by atoms with Crippen molar-refractivity contribution < 1.29 is 32.9 Å². The molecule has 9 heteroatoms. The van der Waals surface area contributed by atoms with E-state index in [1.165, 1.54) is 83.5 Å². The number of aliphatic hydroxyl groups is 1. The largest absolute Gasteiger partial charge is 0.472 e. The molecule has 0 spiro atoms. The van der Waals surface area contributed by atoms with E-state index in [-0.39, 0.29) is 19.1 Å². The molecule has 3 unspecified atom stereocenters. The number of nitrogens with zero attached hydrogens (tertiary/aromatic N) is 1. The summed E-state index contributed by atoms with van der Waals surface area (Å²) in [7, 11) is 1.57. The van der Waals surface area contributed by atoms with Crippen molar-refractivity contribution in [3.8, 4) is 0 Å². The highest BCUT2D eigenvalue weighted by atomic mass is 31.2. The summed E-state index contributed by atoms with van der Waals surface area (Å²) in [6.45, 7) is 4.73. The Morgan fingerprint density at radius 3 is 1.21 bits per heavy atom. The van der Waals surface area contributed by atoms with Crippen molar-refractivity contribution in [1.29, 1.82) is 0 Å². The van der Waals surface area contributed by atoms with Gasteiger partial charge in [-0.3, -0.25) is 13.8 Å². The number of aliphatic hydroxyl groups excluding tert-OH is 1. The van der Waals surface area contributed by atoms with E-state index in [1.54, 1.807) is 0 Å². The summed E-state index contributed by atoms with van der Waals surface area (Å²) in [6, 6.07) is -0.793. The lowest BCUT2D eigenvalue weighted by atomic mass is 10.0. The summed E-state index contributed by atoms with van der Waals surface area (Å²) >= 11 is 0. The highest BCUT2D eigenvalue weighted by Gasteiger charge is 2.28. The predicted molar refractivity (Wildman–Crippen MR) is 308 cm³/mol. The molecule has 0 aliphatic carbocycles. The van der Waals surface area contributed by atoms with Crippen molar-refractivity contribution in [2.75, 3.05) is 40.9 Å². The number of quaternary nitrogens is 1. The number of carbonyl (C=O) groups is 1. The zero-order valence-corrected chi connectivity index (χ0v) is 47.1. The predicted octanol–water partition coefficient (Wildman–Crippen LogP) is 17.4. The van der Waals surface area contributed by atoms with E-state index in [0.717, 1.165) is 96.3 Å². The number of phosphoric acid groups is 1. The summed E-state index contributed by atoms with van der Waals surface area (Å²) in [4.78, 5) is 23.3. The summed E-state index contributed by atoms with van der Waals surface area (Å²) in [5, 5.41) is 14.0. The summed E-state index contributed by atoms with van der Waals surface area (Å²) in [5.41, 5.74) is 0. The molecule has 0 radical (unpaired) electrons. The minimum atomic E-state index is -4.34. The lowest BCUT2D eigenvalue weighted by Gasteiger charge is -2.26. The van der Waals surface area contributed by atoms with Crippen LogP contribution in [0.1, 0.15) is 213 Å². The first-order valence-electron chi connectivity index (χ1n) is 28.4. The quantitative estimate of drug-likeness (QED) is 0.0243. The second-order valence-electron chi connectivity index (χ2n) is 19.9. The number of carbonyl (C=O) groups excluding carboxylic acids is 1. The van der Waals surface area contributed by atoms with Gasteiger partial charge in [-0.1, -0.05) is 238 Å². The molecule has 0 aromatic heterocycles. The van der Waals surface area contributed by atoms with Crippen molar-refractivity contribution in [3.05, 3.63) is 122 Å². The third-order valence-electron chi connectivity index (χ3n) is 12.0. The van der Waals surface area contributed by atoms with Crippen LogP contribution in [0.5, 0.6) is 0 Å². The number of hydrogen-bond acceptors (Lipinski definition) is 5. The number of unbranched alkanes of at least 4 members (excludes halogenated alkanes) is 17. The molecule has 0 saturated carbocycles. The standard InChI is InChI=1S/C62H107N2O6P/c1-6-8-10-12-14-16-18-20-22-24-25-26-27-28-29-30-31-32-33-34-35-36-37-38-39-40-42-44-46-48-50-52-54-56-62(66)63-60(59-70-71(67,68)69-58-57-64(3,4)5)61(65)55-53-51-49-47-45-43-41-23-21-19-17-15-13-11-9-7-2/h8,10,14,16,20,22,25-26,28-29,31-32,34-35,37-38,40,42,46,48,60-61,65H,6-7,9,11-13,15,17-19,21,23-24,27,30,33,36,39,41,43-45,47,49-59H2,1-5H3,(H-,63,66,67,68)/p+1/b10-8-,16-14-,22-20-,26-25-,29-28-,32-31-,35-34-,38-37-,42-40-,48-46-. The monoisotopic (exact) mass is 1010 g/mol. The molecule has 0 aliphatic heterocycles. The lowest BCUT2D eigenvalue weighted by Crippen LogP contribution is -2.46. The molecule has 1 amide bonds. The highest BCUT2D eigenvalue weighted by Crippen LogP contribution is 2.43. The van der Waals surface area contributed by atoms with Gasteiger partial charge < -0.3 is 19.8 Å². The smallest absolute Gasteiger partial charge is 0.391 e. The average molecular weight is 1010 g/mol. The maximum absolute atomic E-state index is 13.0. The third kappa shape index (κ3) is 54.5. The number of rotatable bonds is 50. The second kappa shape index (κ2) is 51.8. The molecule has 0 heterocycles. The molecule has 0 fully saturated rings. The van der Waals surface area contributed by atoms with Crippen LogP contribution in [-0.4, -0.2) is 73.4 Å². The fraction of sp³-hybridized carbons (Fsp3) is 0.661. The fourth-order valence-electron chi connectivity index (χ4n) is 7.54. The number of allylic oxidation sites excluding steroid dienone is 20. The summed E-state index contributed by atoms with van der Waals surface area (Å²) in [6.07, 6.45) is 76.8. The van der Waals surface area contributed by atoms with Crippen LogP contribution in [0.4, 0.5) is 0 Å². The van der Waals surface area contributed by atoms with E-state index in [0.29, 0.717) is 30.3 Å². The highest BCUT2D eigenvalue weighted by molar-refractivity contribution is 7.47. The summed E-state index contributed by atoms with van der Waals surface area (Å²) in [5.74, 6) is -0.191.